The Morgan fingerprint density at radius 1 is 1.17 bits per heavy atom. The van der Waals surface area contributed by atoms with Crippen molar-refractivity contribution in [1.82, 2.24) is 20.8 Å². The number of hydrazine groups is 1. The number of fused-ring (bicyclic) bond motifs is 1. The van der Waals surface area contributed by atoms with E-state index in [0.29, 0.717) is 23.3 Å². The first-order valence-corrected chi connectivity index (χ1v) is 7.62. The predicted octanol–water partition coefficient (Wildman–Crippen LogP) is 2.14. The molecule has 0 spiro atoms. The molecule has 1 aliphatic rings. The summed E-state index contributed by atoms with van der Waals surface area (Å²) in [7, 11) is 0. The Morgan fingerprint density at radius 2 is 1.96 bits per heavy atom. The molecule has 24 heavy (non-hydrogen) atoms. The molecule has 3 aromatic rings. The molecule has 0 radical (unpaired) electrons. The number of hydrogen-bond acceptors (Lipinski definition) is 5. The van der Waals surface area contributed by atoms with Crippen LogP contribution in [-0.4, -0.2) is 27.1 Å². The number of aliphatic imine (C=N–C) groups is 1. The second-order valence-electron chi connectivity index (χ2n) is 5.77. The van der Waals surface area contributed by atoms with E-state index in [9.17, 15) is 9.50 Å². The van der Waals surface area contributed by atoms with Gasteiger partial charge in [0.1, 0.15) is 29.2 Å². The molecule has 122 valence electrons. The number of benzene rings is 2. The number of phenolic OH excluding ortho intramolecular Hbond substituents is 1. The van der Waals surface area contributed by atoms with Crippen molar-refractivity contribution in [2.45, 2.75) is 19.5 Å². The fourth-order valence-corrected chi connectivity index (χ4v) is 2.82. The average Bonchev–Trinajstić information content (AvgIpc) is 3.16. The van der Waals surface area contributed by atoms with Gasteiger partial charge in [-0.15, -0.1) is 0 Å². The lowest BCUT2D eigenvalue weighted by Crippen LogP contribution is -2.36. The number of nitrogens with zero attached hydrogens (tertiary/aromatic N) is 2. The molecule has 1 aromatic heterocycles. The van der Waals surface area contributed by atoms with Crippen LogP contribution in [0.25, 0.3) is 11.0 Å². The number of halogens is 1. The highest BCUT2D eigenvalue weighted by molar-refractivity contribution is 6.05. The third kappa shape index (κ3) is 2.59. The molecule has 0 amide bonds. The molecule has 1 atom stereocenters. The Kier molecular flexibility index (Phi) is 3.42. The third-order valence-corrected chi connectivity index (χ3v) is 3.99. The van der Waals surface area contributed by atoms with Crippen LogP contribution in [0.5, 0.6) is 5.75 Å². The molecule has 0 bridgehead atoms. The van der Waals surface area contributed by atoms with Gasteiger partial charge in [-0.2, -0.15) is 0 Å². The highest BCUT2D eigenvalue weighted by atomic mass is 19.1. The Balaban J connectivity index is 1.60. The zero-order valence-electron chi connectivity index (χ0n) is 13.0. The smallest absolute Gasteiger partial charge is 0.154 e. The van der Waals surface area contributed by atoms with E-state index >= 15 is 0 Å². The number of aromatic amines is 1. The first-order chi connectivity index (χ1) is 11.6. The SMILES string of the molecule is Cc1nc2c(O)c(C3=NC(Cc4ccc(F)cc4)NN3)ccc2[nH]1. The van der Waals surface area contributed by atoms with Crippen molar-refractivity contribution in [3.63, 3.8) is 0 Å². The van der Waals surface area contributed by atoms with E-state index in [1.54, 1.807) is 18.2 Å². The monoisotopic (exact) mass is 325 g/mol. The van der Waals surface area contributed by atoms with E-state index in [4.69, 9.17) is 0 Å². The summed E-state index contributed by atoms with van der Waals surface area (Å²) < 4.78 is 13.0. The number of amidine groups is 1. The maximum Gasteiger partial charge on any atom is 0.154 e. The van der Waals surface area contributed by atoms with Crippen LogP contribution in [0.3, 0.4) is 0 Å². The minimum atomic E-state index is -0.257. The zero-order valence-corrected chi connectivity index (χ0v) is 13.0. The molecule has 1 aliphatic heterocycles. The van der Waals surface area contributed by atoms with Gasteiger partial charge in [0, 0.05) is 6.42 Å². The van der Waals surface area contributed by atoms with Gasteiger partial charge < -0.3 is 15.5 Å². The van der Waals surface area contributed by atoms with Crippen LogP contribution in [0, 0.1) is 12.7 Å². The van der Waals surface area contributed by atoms with Crippen molar-refractivity contribution in [3.05, 3.63) is 59.2 Å². The number of H-pyrrole nitrogens is 1. The summed E-state index contributed by atoms with van der Waals surface area (Å²) in [5.41, 5.74) is 8.92. The van der Waals surface area contributed by atoms with Crippen molar-refractivity contribution in [2.24, 2.45) is 4.99 Å². The first-order valence-electron chi connectivity index (χ1n) is 7.62. The van der Waals surface area contributed by atoms with Gasteiger partial charge in [0.15, 0.2) is 5.75 Å². The summed E-state index contributed by atoms with van der Waals surface area (Å²) in [6, 6.07) is 10.00. The molecular formula is C17H16FN5O. The molecule has 2 aromatic carbocycles. The number of nitrogens with one attached hydrogen (secondary N) is 3. The molecule has 0 aliphatic carbocycles. The van der Waals surface area contributed by atoms with E-state index in [1.165, 1.54) is 12.1 Å². The quantitative estimate of drug-likeness (QED) is 0.594. The molecule has 6 nitrogen and oxygen atoms in total. The van der Waals surface area contributed by atoms with Crippen molar-refractivity contribution in [2.75, 3.05) is 0 Å². The van der Waals surface area contributed by atoms with Crippen LogP contribution < -0.4 is 10.9 Å². The van der Waals surface area contributed by atoms with E-state index in [2.05, 4.69) is 25.8 Å². The first kappa shape index (κ1) is 14.6. The van der Waals surface area contributed by atoms with Gasteiger partial charge in [-0.1, -0.05) is 12.1 Å². The number of phenols is 1. The summed E-state index contributed by atoms with van der Waals surface area (Å²) in [5.74, 6) is 1.13. The Bertz CT molecular complexity index is 932. The largest absolute Gasteiger partial charge is 0.505 e. The number of hydrogen-bond donors (Lipinski definition) is 4. The third-order valence-electron chi connectivity index (χ3n) is 3.99. The summed E-state index contributed by atoms with van der Waals surface area (Å²) >= 11 is 0. The van der Waals surface area contributed by atoms with Gasteiger partial charge >= 0.3 is 0 Å². The second kappa shape index (κ2) is 5.61. The maximum atomic E-state index is 13.0. The minimum Gasteiger partial charge on any atom is -0.505 e. The molecule has 0 saturated carbocycles. The molecule has 4 N–H and O–H groups in total. The molecule has 2 heterocycles. The summed E-state index contributed by atoms with van der Waals surface area (Å²) in [6.45, 7) is 1.84. The van der Waals surface area contributed by atoms with Gasteiger partial charge in [-0.05, 0) is 36.8 Å². The van der Waals surface area contributed by atoms with Crippen LogP contribution in [0.15, 0.2) is 41.4 Å². The highest BCUT2D eigenvalue weighted by Gasteiger charge is 2.21. The predicted molar refractivity (Wildman–Crippen MR) is 89.2 cm³/mol. The Labute approximate surface area is 137 Å². The van der Waals surface area contributed by atoms with Crippen molar-refractivity contribution in [3.8, 4) is 5.75 Å². The molecule has 0 fully saturated rings. The number of aromatic nitrogens is 2. The Hall–Kier alpha value is -2.93. The lowest BCUT2D eigenvalue weighted by Gasteiger charge is -2.07. The lowest BCUT2D eigenvalue weighted by atomic mass is 10.1. The molecule has 1 unspecified atom stereocenters. The lowest BCUT2D eigenvalue weighted by molar-refractivity contribution is 0.479. The van der Waals surface area contributed by atoms with Gasteiger partial charge in [0.2, 0.25) is 0 Å². The van der Waals surface area contributed by atoms with Crippen molar-refractivity contribution in [1.29, 1.82) is 0 Å². The van der Waals surface area contributed by atoms with E-state index in [0.717, 1.165) is 16.9 Å². The maximum absolute atomic E-state index is 13.0. The van der Waals surface area contributed by atoms with Crippen molar-refractivity contribution < 1.29 is 9.50 Å². The van der Waals surface area contributed by atoms with Crippen LogP contribution in [0.2, 0.25) is 0 Å². The summed E-state index contributed by atoms with van der Waals surface area (Å²) in [6.07, 6.45) is 0.419. The van der Waals surface area contributed by atoms with Gasteiger partial charge in [-0.3, -0.25) is 0 Å². The van der Waals surface area contributed by atoms with Crippen molar-refractivity contribution >= 4 is 16.9 Å². The molecule has 4 rings (SSSR count). The summed E-state index contributed by atoms with van der Waals surface area (Å²) in [5, 5.41) is 10.5. The van der Waals surface area contributed by atoms with Crippen LogP contribution in [-0.2, 0) is 6.42 Å². The van der Waals surface area contributed by atoms with Crippen LogP contribution in [0.1, 0.15) is 17.0 Å². The molecular weight excluding hydrogens is 309 g/mol. The minimum absolute atomic E-state index is 0.0901. The van der Waals surface area contributed by atoms with Crippen LogP contribution >= 0.6 is 0 Å². The second-order valence-corrected chi connectivity index (χ2v) is 5.77. The number of aromatic hydroxyl groups is 1. The van der Waals surface area contributed by atoms with Gasteiger partial charge in [-0.25, -0.2) is 19.8 Å². The fraction of sp³-hybridized carbons (Fsp3) is 0.176. The van der Waals surface area contributed by atoms with Gasteiger partial charge in [0.05, 0.1) is 11.1 Å². The normalized spacial score (nSPS) is 17.1. The number of rotatable bonds is 3. The standard InChI is InChI=1S/C17H16FN5O/c1-9-19-13-7-6-12(16(24)15(13)20-9)17-21-14(22-23-17)8-10-2-4-11(18)5-3-10/h2-7,14,22,24H,8H2,1H3,(H,19,20)(H,21,23). The number of imidazole rings is 1. The average molecular weight is 325 g/mol. The Morgan fingerprint density at radius 3 is 2.75 bits per heavy atom. The highest BCUT2D eigenvalue weighted by Crippen LogP contribution is 2.28. The summed E-state index contributed by atoms with van der Waals surface area (Å²) in [4.78, 5) is 11.9. The fourth-order valence-electron chi connectivity index (χ4n) is 2.82. The van der Waals surface area contributed by atoms with E-state index < -0.39 is 0 Å². The van der Waals surface area contributed by atoms with Gasteiger partial charge in [0.25, 0.3) is 0 Å². The van der Waals surface area contributed by atoms with E-state index in [1.807, 2.05) is 13.0 Å². The number of aryl methyl sites for hydroxylation is 1. The topological polar surface area (TPSA) is 85.3 Å². The van der Waals surface area contributed by atoms with Crippen LogP contribution in [0.4, 0.5) is 4.39 Å². The molecule has 0 saturated heterocycles. The zero-order chi connectivity index (χ0) is 16.7. The molecule has 7 heteroatoms. The van der Waals surface area contributed by atoms with E-state index in [-0.39, 0.29) is 17.7 Å².